The van der Waals surface area contributed by atoms with Crippen LogP contribution in [-0.4, -0.2) is 28.6 Å². The number of hydrogen-bond donors (Lipinski definition) is 0. The van der Waals surface area contributed by atoms with Gasteiger partial charge in [0, 0.05) is 17.7 Å². The molecule has 1 heterocycles. The summed E-state index contributed by atoms with van der Waals surface area (Å²) in [6.45, 7) is 6.31. The van der Waals surface area contributed by atoms with Gasteiger partial charge in [0.1, 0.15) is 0 Å². The van der Waals surface area contributed by atoms with Gasteiger partial charge in [-0.1, -0.05) is 0 Å². The van der Waals surface area contributed by atoms with Gasteiger partial charge in [0.15, 0.2) is 0 Å². The first-order chi connectivity index (χ1) is 5.99. The molecule has 0 aliphatic carbocycles. The van der Waals surface area contributed by atoms with Gasteiger partial charge in [0.05, 0.1) is 0 Å². The topological polar surface area (TPSA) is 20.3 Å². The second-order valence-corrected chi connectivity index (χ2v) is 4.86. The molecule has 0 aromatic rings. The molecule has 3 heteroatoms. The Kier molecular flexibility index (Phi) is 3.06. The Balaban J connectivity index is 2.61. The first-order valence-corrected chi connectivity index (χ1v) is 5.80. The van der Waals surface area contributed by atoms with E-state index in [1.165, 1.54) is 0 Å². The van der Waals surface area contributed by atoms with E-state index in [1.54, 1.807) is 17.8 Å². The van der Waals surface area contributed by atoms with Crippen LogP contribution in [0.15, 0.2) is 11.5 Å². The van der Waals surface area contributed by atoms with Crippen molar-refractivity contribution in [2.45, 2.75) is 38.8 Å². The van der Waals surface area contributed by atoms with Crippen LogP contribution < -0.4 is 0 Å². The molecule has 1 amide bonds. The highest BCUT2D eigenvalue weighted by atomic mass is 32.2. The van der Waals surface area contributed by atoms with Crippen LogP contribution in [0.1, 0.15) is 27.2 Å². The average Bonchev–Trinajstić information content (AvgIpc) is 1.98. The van der Waals surface area contributed by atoms with E-state index in [4.69, 9.17) is 0 Å². The standard InChI is InChI=1S/C10H17NOS/c1-8-7-10(2,3)11(8)9(12)5-6-13-4/h5-6,8H,7H2,1-4H3/b6-5+. The zero-order chi connectivity index (χ0) is 10.1. The van der Waals surface area contributed by atoms with Gasteiger partial charge in [-0.2, -0.15) is 0 Å². The van der Waals surface area contributed by atoms with E-state index in [0.717, 1.165) is 6.42 Å². The van der Waals surface area contributed by atoms with Crippen molar-refractivity contribution in [1.82, 2.24) is 4.90 Å². The van der Waals surface area contributed by atoms with Gasteiger partial charge in [-0.3, -0.25) is 4.79 Å². The Hall–Kier alpha value is -0.440. The van der Waals surface area contributed by atoms with Crippen molar-refractivity contribution in [3.8, 4) is 0 Å². The summed E-state index contributed by atoms with van der Waals surface area (Å²) in [6.07, 6.45) is 4.71. The molecule has 0 N–H and O–H groups in total. The van der Waals surface area contributed by atoms with Crippen LogP contribution in [0, 0.1) is 0 Å². The molecule has 1 rings (SSSR count). The molecular weight excluding hydrogens is 182 g/mol. The quantitative estimate of drug-likeness (QED) is 0.636. The molecule has 13 heavy (non-hydrogen) atoms. The lowest BCUT2D eigenvalue weighted by atomic mass is 9.82. The number of rotatable bonds is 2. The summed E-state index contributed by atoms with van der Waals surface area (Å²) in [4.78, 5) is 13.6. The van der Waals surface area contributed by atoms with E-state index in [-0.39, 0.29) is 11.4 Å². The number of hydrogen-bond acceptors (Lipinski definition) is 2. The fraction of sp³-hybridized carbons (Fsp3) is 0.700. The zero-order valence-corrected chi connectivity index (χ0v) is 9.52. The number of amides is 1. The Bertz CT molecular complexity index is 235. The fourth-order valence-corrected chi connectivity index (χ4v) is 2.37. The van der Waals surface area contributed by atoms with E-state index in [0.29, 0.717) is 6.04 Å². The highest BCUT2D eigenvalue weighted by Gasteiger charge is 2.44. The van der Waals surface area contributed by atoms with Crippen LogP contribution in [0.2, 0.25) is 0 Å². The third-order valence-electron chi connectivity index (χ3n) is 2.47. The molecule has 0 bridgehead atoms. The van der Waals surface area contributed by atoms with Gasteiger partial charge >= 0.3 is 0 Å². The minimum absolute atomic E-state index is 0.0548. The van der Waals surface area contributed by atoms with Crippen molar-refractivity contribution in [2.24, 2.45) is 0 Å². The van der Waals surface area contributed by atoms with Crippen molar-refractivity contribution in [3.63, 3.8) is 0 Å². The van der Waals surface area contributed by atoms with Crippen molar-refractivity contribution in [3.05, 3.63) is 11.5 Å². The van der Waals surface area contributed by atoms with Crippen LogP contribution in [0.25, 0.3) is 0 Å². The van der Waals surface area contributed by atoms with Crippen molar-refractivity contribution in [1.29, 1.82) is 0 Å². The Morgan fingerprint density at radius 1 is 1.62 bits per heavy atom. The van der Waals surface area contributed by atoms with E-state index in [9.17, 15) is 4.79 Å². The van der Waals surface area contributed by atoms with Crippen molar-refractivity contribution < 1.29 is 4.79 Å². The Morgan fingerprint density at radius 3 is 2.62 bits per heavy atom. The molecule has 1 aliphatic heterocycles. The van der Waals surface area contributed by atoms with E-state index >= 15 is 0 Å². The van der Waals surface area contributed by atoms with Crippen LogP contribution >= 0.6 is 11.8 Å². The normalized spacial score (nSPS) is 26.2. The molecule has 0 aromatic carbocycles. The number of nitrogens with zero attached hydrogens (tertiary/aromatic N) is 1. The summed E-state index contributed by atoms with van der Waals surface area (Å²) < 4.78 is 0. The summed E-state index contributed by atoms with van der Waals surface area (Å²) in [5.41, 5.74) is 0.0548. The molecule has 0 saturated carbocycles. The molecule has 1 atom stereocenters. The lowest BCUT2D eigenvalue weighted by molar-refractivity contribution is -0.146. The van der Waals surface area contributed by atoms with Gasteiger partial charge < -0.3 is 4.90 Å². The van der Waals surface area contributed by atoms with E-state index in [1.807, 2.05) is 16.6 Å². The summed E-state index contributed by atoms with van der Waals surface area (Å²) in [5.74, 6) is 0.137. The summed E-state index contributed by atoms with van der Waals surface area (Å²) >= 11 is 1.56. The Labute approximate surface area is 84.4 Å². The summed E-state index contributed by atoms with van der Waals surface area (Å²) in [7, 11) is 0. The van der Waals surface area contributed by atoms with Crippen LogP contribution in [-0.2, 0) is 4.79 Å². The fourth-order valence-electron chi connectivity index (χ4n) is 2.12. The number of likely N-dealkylation sites (tertiary alicyclic amines) is 1. The summed E-state index contributed by atoms with van der Waals surface area (Å²) in [5, 5.41) is 1.84. The van der Waals surface area contributed by atoms with E-state index in [2.05, 4.69) is 20.8 Å². The first kappa shape index (κ1) is 10.6. The maximum atomic E-state index is 11.6. The second kappa shape index (κ2) is 3.74. The SMILES string of the molecule is CS/C=C/C(=O)N1C(C)CC1(C)C. The Morgan fingerprint density at radius 2 is 2.23 bits per heavy atom. The highest BCUT2D eigenvalue weighted by molar-refractivity contribution is 8.01. The minimum Gasteiger partial charge on any atom is -0.331 e. The van der Waals surface area contributed by atoms with Crippen molar-refractivity contribution >= 4 is 17.7 Å². The predicted octanol–water partition coefficient (Wildman–Crippen LogP) is 2.26. The summed E-state index contributed by atoms with van der Waals surface area (Å²) in [6, 6.07) is 0.397. The maximum absolute atomic E-state index is 11.6. The molecular formula is C10H17NOS. The lowest BCUT2D eigenvalue weighted by Crippen LogP contribution is -2.63. The molecule has 1 unspecified atom stereocenters. The monoisotopic (exact) mass is 199 g/mol. The second-order valence-electron chi connectivity index (χ2n) is 4.11. The van der Waals surface area contributed by atoms with E-state index < -0.39 is 0 Å². The smallest absolute Gasteiger partial charge is 0.247 e. The molecule has 74 valence electrons. The van der Waals surface area contributed by atoms with Crippen LogP contribution in [0.4, 0.5) is 0 Å². The molecule has 1 saturated heterocycles. The third kappa shape index (κ3) is 2.08. The van der Waals surface area contributed by atoms with Gasteiger partial charge in [0.25, 0.3) is 0 Å². The zero-order valence-electron chi connectivity index (χ0n) is 8.70. The lowest BCUT2D eigenvalue weighted by Gasteiger charge is -2.53. The molecule has 2 nitrogen and oxygen atoms in total. The third-order valence-corrected chi connectivity index (χ3v) is 2.88. The largest absolute Gasteiger partial charge is 0.331 e. The van der Waals surface area contributed by atoms with Gasteiger partial charge in [-0.15, -0.1) is 11.8 Å². The minimum atomic E-state index is 0.0548. The molecule has 0 spiro atoms. The van der Waals surface area contributed by atoms with Gasteiger partial charge in [-0.25, -0.2) is 0 Å². The average molecular weight is 199 g/mol. The predicted molar refractivity (Wildman–Crippen MR) is 57.7 cm³/mol. The number of thioether (sulfide) groups is 1. The molecule has 0 radical (unpaired) electrons. The number of carbonyl (C=O) groups excluding carboxylic acids is 1. The number of carbonyl (C=O) groups is 1. The first-order valence-electron chi connectivity index (χ1n) is 4.51. The van der Waals surface area contributed by atoms with Crippen LogP contribution in [0.3, 0.4) is 0 Å². The maximum Gasteiger partial charge on any atom is 0.247 e. The van der Waals surface area contributed by atoms with Gasteiger partial charge in [0.2, 0.25) is 5.91 Å². The van der Waals surface area contributed by atoms with Crippen LogP contribution in [0.5, 0.6) is 0 Å². The molecule has 0 aromatic heterocycles. The van der Waals surface area contributed by atoms with Crippen molar-refractivity contribution in [2.75, 3.05) is 6.26 Å². The molecule has 1 aliphatic rings. The highest BCUT2D eigenvalue weighted by Crippen LogP contribution is 2.35. The molecule has 1 fully saturated rings. The van der Waals surface area contributed by atoms with Gasteiger partial charge in [-0.05, 0) is 38.9 Å².